The second-order valence-corrected chi connectivity index (χ2v) is 9.13. The van der Waals surface area contributed by atoms with E-state index in [-0.39, 0.29) is 23.6 Å². The Labute approximate surface area is 198 Å². The van der Waals surface area contributed by atoms with Crippen LogP contribution in [0.1, 0.15) is 34.7 Å². The minimum atomic E-state index is -0.349. The van der Waals surface area contributed by atoms with Crippen molar-refractivity contribution in [1.82, 2.24) is 20.1 Å². The fraction of sp³-hybridized carbons (Fsp3) is 0.238. The first-order valence-corrected chi connectivity index (χ1v) is 11.5. The lowest BCUT2D eigenvalue weighted by Gasteiger charge is -2.14. The van der Waals surface area contributed by atoms with Gasteiger partial charge in [-0.15, -0.1) is 10.2 Å². The summed E-state index contributed by atoms with van der Waals surface area (Å²) in [6, 6.07) is 12.2. The summed E-state index contributed by atoms with van der Waals surface area (Å²) in [5.74, 6) is 0.391. The summed E-state index contributed by atoms with van der Waals surface area (Å²) in [6.45, 7) is 3.78. The van der Waals surface area contributed by atoms with Crippen LogP contribution in [0.15, 0.2) is 52.1 Å². The summed E-state index contributed by atoms with van der Waals surface area (Å²) >= 11 is 10.6. The molecule has 0 spiro atoms. The minimum Gasteiger partial charge on any atom is -0.342 e. The third-order valence-electron chi connectivity index (χ3n) is 4.42. The molecule has 0 aliphatic heterocycles. The number of halogens is 2. The molecule has 2 N–H and O–H groups in total. The molecule has 7 nitrogen and oxygen atoms in total. The molecule has 1 aromatic heterocycles. The molecular weight excluding hydrogens is 502 g/mol. The number of hydrogen-bond acceptors (Lipinski definition) is 5. The summed E-state index contributed by atoms with van der Waals surface area (Å²) in [7, 11) is 1.80. The molecule has 0 unspecified atom stereocenters. The number of amides is 2. The van der Waals surface area contributed by atoms with E-state index in [1.165, 1.54) is 11.8 Å². The van der Waals surface area contributed by atoms with Gasteiger partial charge in [-0.3, -0.25) is 9.59 Å². The van der Waals surface area contributed by atoms with Crippen molar-refractivity contribution in [2.75, 3.05) is 11.1 Å². The normalized spacial score (nSPS) is 11.8. The highest BCUT2D eigenvalue weighted by Gasteiger charge is 2.19. The molecule has 1 atom stereocenters. The molecule has 0 aliphatic rings. The minimum absolute atomic E-state index is 0.156. The lowest BCUT2D eigenvalue weighted by atomic mass is 10.1. The van der Waals surface area contributed by atoms with Crippen molar-refractivity contribution in [1.29, 1.82) is 0 Å². The predicted octanol–water partition coefficient (Wildman–Crippen LogP) is 4.76. The summed E-state index contributed by atoms with van der Waals surface area (Å²) in [5.41, 5.74) is 2.22. The van der Waals surface area contributed by atoms with Crippen molar-refractivity contribution < 1.29 is 9.59 Å². The third-order valence-corrected chi connectivity index (χ3v) is 6.67. The van der Waals surface area contributed by atoms with Gasteiger partial charge < -0.3 is 15.2 Å². The first-order valence-electron chi connectivity index (χ1n) is 9.39. The Balaban J connectivity index is 1.58. The lowest BCUT2D eigenvalue weighted by molar-refractivity contribution is -0.113. The van der Waals surface area contributed by atoms with Gasteiger partial charge in [0.25, 0.3) is 5.91 Å². The molecule has 2 amide bonds. The molecule has 1 heterocycles. The first-order chi connectivity index (χ1) is 14.7. The van der Waals surface area contributed by atoms with Crippen LogP contribution in [-0.2, 0) is 11.8 Å². The number of nitrogens with zero attached hydrogens (tertiary/aromatic N) is 3. The predicted molar refractivity (Wildman–Crippen MR) is 127 cm³/mol. The van der Waals surface area contributed by atoms with Crippen LogP contribution in [0.2, 0.25) is 5.02 Å². The molecule has 0 saturated carbocycles. The summed E-state index contributed by atoms with van der Waals surface area (Å²) in [5, 5.41) is 15.2. The van der Waals surface area contributed by atoms with E-state index in [0.717, 1.165) is 10.0 Å². The van der Waals surface area contributed by atoms with Crippen LogP contribution in [-0.4, -0.2) is 32.3 Å². The fourth-order valence-corrected chi connectivity index (χ4v) is 4.01. The third kappa shape index (κ3) is 6.09. The van der Waals surface area contributed by atoms with E-state index in [0.29, 0.717) is 27.3 Å². The van der Waals surface area contributed by atoms with Gasteiger partial charge in [-0.2, -0.15) is 0 Å². The van der Waals surface area contributed by atoms with E-state index in [4.69, 9.17) is 11.6 Å². The van der Waals surface area contributed by atoms with Crippen molar-refractivity contribution in [3.8, 4) is 0 Å². The topological polar surface area (TPSA) is 88.9 Å². The maximum Gasteiger partial charge on any atom is 0.251 e. The van der Waals surface area contributed by atoms with Crippen LogP contribution in [0, 0.1) is 6.92 Å². The van der Waals surface area contributed by atoms with Gasteiger partial charge in [0.2, 0.25) is 5.91 Å². The average molecular weight is 523 g/mol. The molecule has 0 aliphatic carbocycles. The Morgan fingerprint density at radius 1 is 1.23 bits per heavy atom. The SMILES string of the molecule is Cc1cccc(C(=O)N[C@@H](C)c2nnc(SCC(=O)Nc3ccc(Br)c(Cl)c3)n2C)c1. The van der Waals surface area contributed by atoms with Gasteiger partial charge in [0.15, 0.2) is 11.0 Å². The van der Waals surface area contributed by atoms with Crippen molar-refractivity contribution >= 4 is 56.8 Å². The molecule has 3 aromatic rings. The number of nitrogens with one attached hydrogen (secondary N) is 2. The molecule has 0 radical (unpaired) electrons. The van der Waals surface area contributed by atoms with E-state index >= 15 is 0 Å². The van der Waals surface area contributed by atoms with Gasteiger partial charge in [-0.05, 0) is 60.1 Å². The Morgan fingerprint density at radius 3 is 2.71 bits per heavy atom. The highest BCUT2D eigenvalue weighted by Crippen LogP contribution is 2.26. The van der Waals surface area contributed by atoms with Gasteiger partial charge in [0.05, 0.1) is 16.8 Å². The molecule has 31 heavy (non-hydrogen) atoms. The van der Waals surface area contributed by atoms with Crippen LogP contribution >= 0.6 is 39.3 Å². The Bertz CT molecular complexity index is 1120. The smallest absolute Gasteiger partial charge is 0.251 e. The molecular formula is C21H21BrClN5O2S. The van der Waals surface area contributed by atoms with Gasteiger partial charge in [-0.1, -0.05) is 41.1 Å². The maximum atomic E-state index is 12.5. The quantitative estimate of drug-likeness (QED) is 0.437. The zero-order valence-electron chi connectivity index (χ0n) is 17.1. The molecule has 0 bridgehead atoms. The maximum absolute atomic E-state index is 12.5. The van der Waals surface area contributed by atoms with E-state index in [2.05, 4.69) is 36.8 Å². The number of aryl methyl sites for hydroxylation is 1. The molecule has 3 rings (SSSR count). The number of rotatable bonds is 7. The summed E-state index contributed by atoms with van der Waals surface area (Å²) in [6.07, 6.45) is 0. The summed E-state index contributed by atoms with van der Waals surface area (Å²) in [4.78, 5) is 24.8. The molecule has 0 saturated heterocycles. The van der Waals surface area contributed by atoms with Crippen molar-refractivity contribution in [3.05, 3.63) is 68.9 Å². The van der Waals surface area contributed by atoms with E-state index in [9.17, 15) is 9.59 Å². The first kappa shape index (κ1) is 23.3. The van der Waals surface area contributed by atoms with Crippen molar-refractivity contribution in [2.45, 2.75) is 25.0 Å². The van der Waals surface area contributed by atoms with Gasteiger partial charge in [0, 0.05) is 22.8 Å². The number of carbonyl (C=O) groups is 2. The average Bonchev–Trinajstić information content (AvgIpc) is 3.09. The highest BCUT2D eigenvalue weighted by molar-refractivity contribution is 9.10. The highest BCUT2D eigenvalue weighted by atomic mass is 79.9. The second kappa shape index (κ2) is 10.3. The number of hydrogen-bond donors (Lipinski definition) is 2. The van der Waals surface area contributed by atoms with Crippen LogP contribution in [0.3, 0.4) is 0 Å². The lowest BCUT2D eigenvalue weighted by Crippen LogP contribution is -2.28. The van der Waals surface area contributed by atoms with Crippen LogP contribution in [0.25, 0.3) is 0 Å². The van der Waals surface area contributed by atoms with E-state index in [1.54, 1.807) is 35.9 Å². The fourth-order valence-electron chi connectivity index (χ4n) is 2.86. The Morgan fingerprint density at radius 2 is 2.00 bits per heavy atom. The van der Waals surface area contributed by atoms with E-state index < -0.39 is 0 Å². The van der Waals surface area contributed by atoms with Crippen LogP contribution in [0.4, 0.5) is 5.69 Å². The van der Waals surface area contributed by atoms with Crippen LogP contribution in [0.5, 0.6) is 0 Å². The summed E-state index contributed by atoms with van der Waals surface area (Å²) < 4.78 is 2.53. The van der Waals surface area contributed by atoms with Crippen molar-refractivity contribution in [2.24, 2.45) is 7.05 Å². The zero-order chi connectivity index (χ0) is 22.5. The van der Waals surface area contributed by atoms with Crippen molar-refractivity contribution in [3.63, 3.8) is 0 Å². The Kier molecular flexibility index (Phi) is 7.74. The largest absolute Gasteiger partial charge is 0.342 e. The second-order valence-electron chi connectivity index (χ2n) is 6.93. The number of aromatic nitrogens is 3. The van der Waals surface area contributed by atoms with Gasteiger partial charge in [-0.25, -0.2) is 0 Å². The molecule has 0 fully saturated rings. The molecule has 10 heteroatoms. The standard InChI is InChI=1S/C21H21BrClN5O2S/c1-12-5-4-6-14(9-12)20(30)24-13(2)19-26-27-21(28(19)3)31-11-18(29)25-15-7-8-16(22)17(23)10-15/h4-10,13H,11H2,1-3H3,(H,24,30)(H,25,29)/t13-/m0/s1. The molecule has 162 valence electrons. The monoisotopic (exact) mass is 521 g/mol. The molecule has 2 aromatic carbocycles. The Hall–Kier alpha value is -2.36. The van der Waals surface area contributed by atoms with Gasteiger partial charge >= 0.3 is 0 Å². The number of anilines is 1. The van der Waals surface area contributed by atoms with Gasteiger partial charge in [0.1, 0.15) is 0 Å². The number of carbonyl (C=O) groups excluding carboxylic acids is 2. The number of benzene rings is 2. The van der Waals surface area contributed by atoms with Crippen LogP contribution < -0.4 is 10.6 Å². The zero-order valence-corrected chi connectivity index (χ0v) is 20.3. The number of thioether (sulfide) groups is 1. The van der Waals surface area contributed by atoms with E-state index in [1.807, 2.05) is 32.0 Å².